The minimum absolute atomic E-state index is 0.0284. The number of carboxylic acids is 1. The number of carboxylic acid groups (broad SMARTS) is 1. The van der Waals surface area contributed by atoms with Gasteiger partial charge in [-0.15, -0.1) is 0 Å². The van der Waals surface area contributed by atoms with Gasteiger partial charge >= 0.3 is 11.9 Å². The van der Waals surface area contributed by atoms with E-state index in [1.807, 2.05) is 55.6 Å². The van der Waals surface area contributed by atoms with Crippen molar-refractivity contribution in [2.24, 2.45) is 0 Å². The number of ether oxygens (including phenoxy) is 1. The highest BCUT2D eigenvalue weighted by atomic mass is 35.5. The molecule has 1 fully saturated rings. The number of aliphatic carboxylic acids is 1. The molecule has 2 aromatic carbocycles. The molecule has 1 aliphatic heterocycles. The van der Waals surface area contributed by atoms with Crippen LogP contribution < -0.4 is 0 Å². The number of piperazine rings is 1. The topological polar surface area (TPSA) is 104 Å². The van der Waals surface area contributed by atoms with E-state index >= 15 is 0 Å². The van der Waals surface area contributed by atoms with Crippen molar-refractivity contribution in [1.29, 1.82) is 0 Å². The summed E-state index contributed by atoms with van der Waals surface area (Å²) in [5, 5.41) is 10.3. The second-order valence-corrected chi connectivity index (χ2v) is 11.9. The van der Waals surface area contributed by atoms with Gasteiger partial charge in [0.05, 0.1) is 16.3 Å². The molecule has 4 rings (SSSR count). The van der Waals surface area contributed by atoms with Crippen molar-refractivity contribution in [3.63, 3.8) is 0 Å². The Hall–Kier alpha value is -3.37. The van der Waals surface area contributed by atoms with Crippen LogP contribution in [0.2, 0.25) is 10.0 Å². The maximum atomic E-state index is 13.1. The van der Waals surface area contributed by atoms with E-state index in [4.69, 9.17) is 32.4 Å². The molecular formula is C33H39Cl2N3O6. The number of halogens is 2. The predicted molar refractivity (Wildman–Crippen MR) is 169 cm³/mol. The monoisotopic (exact) mass is 643 g/mol. The first-order valence-electron chi connectivity index (χ1n) is 14.8. The lowest BCUT2D eigenvalue weighted by molar-refractivity contribution is -0.153. The average Bonchev–Trinajstić information content (AvgIpc) is 3.54. The summed E-state index contributed by atoms with van der Waals surface area (Å²) in [4.78, 5) is 42.7. The third-order valence-corrected chi connectivity index (χ3v) is 8.76. The molecule has 3 aromatic rings. The van der Waals surface area contributed by atoms with E-state index in [0.29, 0.717) is 41.0 Å². The van der Waals surface area contributed by atoms with E-state index in [9.17, 15) is 19.5 Å². The highest BCUT2D eigenvalue weighted by molar-refractivity contribution is 6.42. The van der Waals surface area contributed by atoms with Crippen LogP contribution in [-0.4, -0.2) is 90.1 Å². The van der Waals surface area contributed by atoms with Gasteiger partial charge in [-0.3, -0.25) is 19.3 Å². The van der Waals surface area contributed by atoms with E-state index in [-0.39, 0.29) is 24.7 Å². The van der Waals surface area contributed by atoms with Crippen LogP contribution in [0.5, 0.6) is 0 Å². The number of likely N-dealkylation sites (N-methyl/N-ethyl adjacent to an activating group) is 1. The van der Waals surface area contributed by atoms with Crippen molar-refractivity contribution in [3.05, 3.63) is 93.9 Å². The number of amides is 1. The summed E-state index contributed by atoms with van der Waals surface area (Å²) >= 11 is 12.6. The molecule has 0 spiro atoms. The molecule has 1 unspecified atom stereocenters. The van der Waals surface area contributed by atoms with Gasteiger partial charge < -0.3 is 24.1 Å². The lowest BCUT2D eigenvalue weighted by Crippen LogP contribution is -2.50. The van der Waals surface area contributed by atoms with Gasteiger partial charge in [-0.05, 0) is 61.3 Å². The minimum Gasteiger partial charge on any atom is -0.481 e. The van der Waals surface area contributed by atoms with Crippen molar-refractivity contribution in [3.8, 4) is 0 Å². The first-order chi connectivity index (χ1) is 21.1. The van der Waals surface area contributed by atoms with Crippen molar-refractivity contribution in [2.45, 2.75) is 44.2 Å². The van der Waals surface area contributed by atoms with Crippen molar-refractivity contribution < 1.29 is 28.6 Å². The Morgan fingerprint density at radius 3 is 2.32 bits per heavy atom. The Balaban J connectivity index is 1.43. The fraction of sp³-hybridized carbons (Fsp3) is 0.424. The summed E-state index contributed by atoms with van der Waals surface area (Å²) in [6.07, 6.45) is 1.77. The van der Waals surface area contributed by atoms with Crippen molar-refractivity contribution in [2.75, 3.05) is 46.3 Å². The lowest BCUT2D eigenvalue weighted by atomic mass is 9.94. The molecule has 1 aromatic heterocycles. The second-order valence-electron chi connectivity index (χ2n) is 11.1. The average molecular weight is 645 g/mol. The molecule has 2 heterocycles. The first-order valence-corrected chi connectivity index (χ1v) is 15.5. The number of esters is 1. The van der Waals surface area contributed by atoms with E-state index < -0.39 is 24.1 Å². The number of carbonyl (C=O) groups is 3. The van der Waals surface area contributed by atoms with E-state index in [2.05, 4.69) is 9.80 Å². The Morgan fingerprint density at radius 2 is 1.70 bits per heavy atom. The molecule has 1 saturated heterocycles. The number of rotatable bonds is 14. The Bertz CT molecular complexity index is 1380. The highest BCUT2D eigenvalue weighted by Gasteiger charge is 2.35. The smallest absolute Gasteiger partial charge is 0.303 e. The molecule has 1 amide bonds. The fourth-order valence-electron chi connectivity index (χ4n) is 5.77. The van der Waals surface area contributed by atoms with E-state index in [1.54, 1.807) is 23.3 Å². The highest BCUT2D eigenvalue weighted by Crippen LogP contribution is 2.32. The molecule has 9 nitrogen and oxygen atoms in total. The molecule has 0 aliphatic carbocycles. The predicted octanol–water partition coefficient (Wildman–Crippen LogP) is 5.99. The first kappa shape index (κ1) is 33.5. The molecule has 44 heavy (non-hydrogen) atoms. The van der Waals surface area contributed by atoms with Crippen LogP contribution in [0.15, 0.2) is 71.3 Å². The van der Waals surface area contributed by atoms with Gasteiger partial charge in [-0.25, -0.2) is 0 Å². The second kappa shape index (κ2) is 16.1. The molecule has 0 bridgehead atoms. The molecule has 0 radical (unpaired) electrons. The maximum absolute atomic E-state index is 13.1. The summed E-state index contributed by atoms with van der Waals surface area (Å²) in [7, 11) is 1.82. The SMILES string of the molecule is CC(=O)O[C@@H](CCC(=O)O)C(c1ccco1)N1CCN(CC[C@H](CN(C)C(=O)c2ccccc2)c2ccc(Cl)c(Cl)c2)CC1. The lowest BCUT2D eigenvalue weighted by Gasteiger charge is -2.41. The third-order valence-electron chi connectivity index (χ3n) is 8.02. The van der Waals surface area contributed by atoms with Gasteiger partial charge in [0.25, 0.3) is 5.91 Å². The number of carbonyl (C=O) groups excluding carboxylic acids is 2. The molecular weight excluding hydrogens is 605 g/mol. The van der Waals surface area contributed by atoms with Gasteiger partial charge in [-0.2, -0.15) is 0 Å². The zero-order chi connectivity index (χ0) is 31.6. The number of benzene rings is 2. The zero-order valence-electron chi connectivity index (χ0n) is 25.0. The molecule has 11 heteroatoms. The van der Waals surface area contributed by atoms with Crippen LogP contribution in [-0.2, 0) is 14.3 Å². The molecule has 1 aliphatic rings. The van der Waals surface area contributed by atoms with Crippen LogP contribution in [0.3, 0.4) is 0 Å². The minimum atomic E-state index is -0.946. The van der Waals surface area contributed by atoms with E-state index in [0.717, 1.165) is 31.6 Å². The van der Waals surface area contributed by atoms with Gasteiger partial charge in [0.1, 0.15) is 17.9 Å². The summed E-state index contributed by atoms with van der Waals surface area (Å²) in [5.41, 5.74) is 1.66. The summed E-state index contributed by atoms with van der Waals surface area (Å²) < 4.78 is 11.4. The quantitative estimate of drug-likeness (QED) is 0.214. The standard InChI is InChI=1S/C33H39Cl2N3O6/c1-23(39)44-30(12-13-31(40)41)32(29-9-6-20-43-29)38-18-16-37(17-19-38)15-14-26(25-10-11-27(34)28(35)21-25)22-36(2)33(42)24-7-4-3-5-8-24/h3-11,20-21,26,30,32H,12-19,22H2,1-2H3,(H,40,41)/t26-,30+,32?/m1/s1. The van der Waals surface area contributed by atoms with Crippen LogP contribution in [0.25, 0.3) is 0 Å². The molecule has 236 valence electrons. The van der Waals surface area contributed by atoms with Crippen LogP contribution in [0.4, 0.5) is 0 Å². The summed E-state index contributed by atoms with van der Waals surface area (Å²) in [6, 6.07) is 18.1. The van der Waals surface area contributed by atoms with Crippen LogP contribution >= 0.6 is 23.2 Å². The van der Waals surface area contributed by atoms with Crippen LogP contribution in [0.1, 0.15) is 59.8 Å². The Labute approximate surface area is 268 Å². The fourth-order valence-corrected chi connectivity index (χ4v) is 6.07. The molecule has 1 N–H and O–H groups in total. The normalized spacial score (nSPS) is 16.2. The van der Waals surface area contributed by atoms with Gasteiger partial charge in [0, 0.05) is 64.6 Å². The summed E-state index contributed by atoms with van der Waals surface area (Å²) in [6.45, 7) is 5.52. The Kier molecular flexibility index (Phi) is 12.3. The molecule has 0 saturated carbocycles. The zero-order valence-corrected chi connectivity index (χ0v) is 26.5. The van der Waals surface area contributed by atoms with Crippen molar-refractivity contribution >= 4 is 41.0 Å². The van der Waals surface area contributed by atoms with Gasteiger partial charge in [0.15, 0.2) is 0 Å². The number of furan rings is 1. The summed E-state index contributed by atoms with van der Waals surface area (Å²) in [5.74, 6) is -0.780. The Morgan fingerprint density at radius 1 is 0.977 bits per heavy atom. The number of hydrogen-bond donors (Lipinski definition) is 1. The van der Waals surface area contributed by atoms with Crippen LogP contribution in [0, 0.1) is 0 Å². The molecule has 3 atom stereocenters. The van der Waals surface area contributed by atoms with Gasteiger partial charge in [0.2, 0.25) is 0 Å². The number of hydrogen-bond acceptors (Lipinski definition) is 7. The van der Waals surface area contributed by atoms with Crippen molar-refractivity contribution in [1.82, 2.24) is 14.7 Å². The maximum Gasteiger partial charge on any atom is 0.303 e. The third kappa shape index (κ3) is 9.32. The van der Waals surface area contributed by atoms with E-state index in [1.165, 1.54) is 6.92 Å². The number of nitrogens with zero attached hydrogens (tertiary/aromatic N) is 3. The largest absolute Gasteiger partial charge is 0.481 e. The van der Waals surface area contributed by atoms with Gasteiger partial charge in [-0.1, -0.05) is 47.5 Å².